The van der Waals surface area contributed by atoms with E-state index in [1.54, 1.807) is 11.5 Å². The number of hydrogen-bond donors (Lipinski definition) is 1. The number of hydrogen-bond acceptors (Lipinski definition) is 5. The summed E-state index contributed by atoms with van der Waals surface area (Å²) in [5.74, 6) is 2.33. The molecule has 1 saturated carbocycles. The van der Waals surface area contributed by atoms with Crippen molar-refractivity contribution in [3.05, 3.63) is 23.3 Å². The Labute approximate surface area is 122 Å². The molecule has 0 atom stereocenters. The first-order valence-corrected chi connectivity index (χ1v) is 8.17. The van der Waals surface area contributed by atoms with Gasteiger partial charge in [-0.25, -0.2) is 4.98 Å². The molecular weight excluding hydrogens is 270 g/mol. The topological polar surface area (TPSA) is 57.7 Å². The molecule has 1 aliphatic heterocycles. The van der Waals surface area contributed by atoms with Crippen molar-refractivity contribution >= 4 is 16.7 Å². The largest absolute Gasteiger partial charge is 0.347 e. The van der Waals surface area contributed by atoms with Gasteiger partial charge in [-0.05, 0) is 38.7 Å². The van der Waals surface area contributed by atoms with Gasteiger partial charge in [0.25, 0.3) is 0 Å². The predicted molar refractivity (Wildman–Crippen MR) is 79.4 cm³/mol. The van der Waals surface area contributed by atoms with E-state index < -0.39 is 0 Å². The van der Waals surface area contributed by atoms with Crippen LogP contribution in [0.3, 0.4) is 0 Å². The van der Waals surface area contributed by atoms with Crippen LogP contribution in [-0.2, 0) is 0 Å². The molecule has 6 heteroatoms. The van der Waals surface area contributed by atoms with Gasteiger partial charge < -0.3 is 4.90 Å². The van der Waals surface area contributed by atoms with Crippen LogP contribution in [0, 0.1) is 6.92 Å². The zero-order valence-corrected chi connectivity index (χ0v) is 12.5. The standard InChI is InChI=1S/C14H19N5S/c1-9-8-12(17-16-9)10-4-6-19(7-5-10)14-15-13(18-20-14)11-2-3-11/h8,10-11H,2-7H2,1H3,(H,16,17). The molecule has 0 amide bonds. The molecule has 106 valence electrons. The second kappa shape index (κ2) is 4.84. The van der Waals surface area contributed by atoms with E-state index in [1.165, 1.54) is 18.5 Å². The fraction of sp³-hybridized carbons (Fsp3) is 0.643. The summed E-state index contributed by atoms with van der Waals surface area (Å²) in [5, 5.41) is 8.57. The summed E-state index contributed by atoms with van der Waals surface area (Å²) in [6.07, 6.45) is 4.86. The van der Waals surface area contributed by atoms with E-state index in [0.29, 0.717) is 11.8 Å². The lowest BCUT2D eigenvalue weighted by molar-refractivity contribution is 0.495. The van der Waals surface area contributed by atoms with E-state index in [2.05, 4.69) is 32.5 Å². The highest BCUT2D eigenvalue weighted by molar-refractivity contribution is 7.09. The van der Waals surface area contributed by atoms with E-state index in [4.69, 9.17) is 4.98 Å². The fourth-order valence-electron chi connectivity index (χ4n) is 2.88. The highest BCUT2D eigenvalue weighted by Crippen LogP contribution is 2.40. The summed E-state index contributed by atoms with van der Waals surface area (Å²) < 4.78 is 4.51. The molecule has 1 saturated heterocycles. The Bertz CT molecular complexity index is 592. The molecule has 0 spiro atoms. The second-order valence-electron chi connectivity index (χ2n) is 5.95. The van der Waals surface area contributed by atoms with Gasteiger partial charge in [-0.3, -0.25) is 5.10 Å². The van der Waals surface area contributed by atoms with Crippen LogP contribution >= 0.6 is 11.5 Å². The quantitative estimate of drug-likeness (QED) is 0.944. The van der Waals surface area contributed by atoms with Gasteiger partial charge in [-0.2, -0.15) is 9.47 Å². The number of anilines is 1. The first-order chi connectivity index (χ1) is 9.79. The number of nitrogens with zero attached hydrogens (tertiary/aromatic N) is 4. The van der Waals surface area contributed by atoms with Crippen molar-refractivity contribution in [3.8, 4) is 0 Å². The molecular formula is C14H19N5S. The molecule has 2 aromatic heterocycles. The highest BCUT2D eigenvalue weighted by atomic mass is 32.1. The van der Waals surface area contributed by atoms with E-state index in [-0.39, 0.29) is 0 Å². The Morgan fingerprint density at radius 1 is 1.20 bits per heavy atom. The summed E-state index contributed by atoms with van der Waals surface area (Å²) in [7, 11) is 0. The van der Waals surface area contributed by atoms with Crippen molar-refractivity contribution in [2.24, 2.45) is 0 Å². The number of aromatic nitrogens is 4. The molecule has 5 nitrogen and oxygen atoms in total. The van der Waals surface area contributed by atoms with Crippen LogP contribution in [0.5, 0.6) is 0 Å². The molecule has 3 heterocycles. The second-order valence-corrected chi connectivity index (χ2v) is 6.68. The smallest absolute Gasteiger partial charge is 0.205 e. The van der Waals surface area contributed by atoms with E-state index in [9.17, 15) is 0 Å². The van der Waals surface area contributed by atoms with Gasteiger partial charge in [-0.1, -0.05) is 0 Å². The maximum absolute atomic E-state index is 4.71. The maximum atomic E-state index is 4.71. The van der Waals surface area contributed by atoms with Gasteiger partial charge in [0.05, 0.1) is 5.69 Å². The first kappa shape index (κ1) is 12.3. The zero-order valence-electron chi connectivity index (χ0n) is 11.7. The molecule has 0 unspecified atom stereocenters. The summed E-state index contributed by atoms with van der Waals surface area (Å²) in [6, 6.07) is 2.18. The fourth-order valence-corrected chi connectivity index (χ4v) is 3.67. The number of piperidine rings is 1. The molecule has 2 fully saturated rings. The highest BCUT2D eigenvalue weighted by Gasteiger charge is 2.30. The summed E-state index contributed by atoms with van der Waals surface area (Å²) >= 11 is 1.57. The Kier molecular flexibility index (Phi) is 2.98. The van der Waals surface area contributed by atoms with Crippen LogP contribution < -0.4 is 4.90 Å². The van der Waals surface area contributed by atoms with Crippen molar-refractivity contribution in [1.82, 2.24) is 19.6 Å². The Morgan fingerprint density at radius 2 is 2.00 bits per heavy atom. The lowest BCUT2D eigenvalue weighted by atomic mass is 9.94. The molecule has 1 aliphatic carbocycles. The first-order valence-electron chi connectivity index (χ1n) is 7.40. The number of rotatable bonds is 3. The molecule has 1 N–H and O–H groups in total. The van der Waals surface area contributed by atoms with Crippen molar-refractivity contribution in [1.29, 1.82) is 0 Å². The molecule has 0 bridgehead atoms. The van der Waals surface area contributed by atoms with Gasteiger partial charge in [0.1, 0.15) is 5.82 Å². The van der Waals surface area contributed by atoms with Gasteiger partial charge >= 0.3 is 0 Å². The lowest BCUT2D eigenvalue weighted by Crippen LogP contribution is -2.32. The maximum Gasteiger partial charge on any atom is 0.205 e. The summed E-state index contributed by atoms with van der Waals surface area (Å²) in [6.45, 7) is 4.19. The van der Waals surface area contributed by atoms with Gasteiger partial charge in [0.2, 0.25) is 5.13 Å². The normalized spacial score (nSPS) is 20.6. The Balaban J connectivity index is 1.40. The number of aromatic amines is 1. The number of nitrogens with one attached hydrogen (secondary N) is 1. The average Bonchev–Trinajstić information content (AvgIpc) is 3.04. The van der Waals surface area contributed by atoms with Crippen LogP contribution in [0.4, 0.5) is 5.13 Å². The van der Waals surface area contributed by atoms with Gasteiger partial charge in [0, 0.05) is 42.2 Å². The average molecular weight is 289 g/mol. The van der Waals surface area contributed by atoms with Crippen LogP contribution in [0.2, 0.25) is 0 Å². The van der Waals surface area contributed by atoms with Gasteiger partial charge in [0.15, 0.2) is 0 Å². The SMILES string of the molecule is Cc1cc(C2CCN(c3nc(C4CC4)ns3)CC2)n[nH]1. The molecule has 2 aliphatic rings. The van der Waals surface area contributed by atoms with Gasteiger partial charge in [-0.15, -0.1) is 0 Å². The molecule has 0 radical (unpaired) electrons. The third kappa shape index (κ3) is 2.32. The minimum absolute atomic E-state index is 0.590. The van der Waals surface area contributed by atoms with Crippen LogP contribution in [0.25, 0.3) is 0 Å². The van der Waals surface area contributed by atoms with Crippen molar-refractivity contribution < 1.29 is 0 Å². The monoisotopic (exact) mass is 289 g/mol. The van der Waals surface area contributed by atoms with Crippen molar-refractivity contribution in [2.45, 2.75) is 44.4 Å². The van der Waals surface area contributed by atoms with E-state index >= 15 is 0 Å². The van der Waals surface area contributed by atoms with Crippen molar-refractivity contribution in [3.63, 3.8) is 0 Å². The third-order valence-corrected chi connectivity index (χ3v) is 5.07. The third-order valence-electron chi connectivity index (χ3n) is 4.28. The summed E-state index contributed by atoms with van der Waals surface area (Å²) in [5.41, 5.74) is 2.37. The van der Waals surface area contributed by atoms with Crippen LogP contribution in [0.1, 0.15) is 54.7 Å². The van der Waals surface area contributed by atoms with Crippen LogP contribution in [-0.4, -0.2) is 32.6 Å². The molecule has 0 aromatic carbocycles. The number of H-pyrrole nitrogens is 1. The van der Waals surface area contributed by atoms with E-state index in [0.717, 1.165) is 42.6 Å². The number of aryl methyl sites for hydroxylation is 1. The van der Waals surface area contributed by atoms with Crippen molar-refractivity contribution in [2.75, 3.05) is 18.0 Å². The predicted octanol–water partition coefficient (Wildman–Crippen LogP) is 2.83. The summed E-state index contributed by atoms with van der Waals surface area (Å²) in [4.78, 5) is 7.10. The Hall–Kier alpha value is -1.43. The van der Waals surface area contributed by atoms with E-state index in [1.807, 2.05) is 0 Å². The Morgan fingerprint density at radius 3 is 2.65 bits per heavy atom. The van der Waals surface area contributed by atoms with Crippen LogP contribution in [0.15, 0.2) is 6.07 Å². The lowest BCUT2D eigenvalue weighted by Gasteiger charge is -2.30. The minimum atomic E-state index is 0.590. The minimum Gasteiger partial charge on any atom is -0.347 e. The molecule has 20 heavy (non-hydrogen) atoms. The molecule has 4 rings (SSSR count). The molecule has 2 aromatic rings. The zero-order chi connectivity index (χ0) is 13.5.